The summed E-state index contributed by atoms with van der Waals surface area (Å²) in [6.07, 6.45) is 0. The molecule has 0 bridgehead atoms. The molecule has 0 aliphatic rings. The van der Waals surface area contributed by atoms with Crippen LogP contribution in [0.15, 0.2) is 48.5 Å². The van der Waals surface area contributed by atoms with E-state index in [9.17, 15) is 0 Å². The van der Waals surface area contributed by atoms with Gasteiger partial charge in [-0.15, -0.1) is 0 Å². The van der Waals surface area contributed by atoms with Crippen LogP contribution in [-0.2, 0) is 13.1 Å². The minimum Gasteiger partial charge on any atom is -1.00 e. The summed E-state index contributed by atoms with van der Waals surface area (Å²) in [6, 6.07) is 15.8. The van der Waals surface area contributed by atoms with E-state index in [4.69, 9.17) is 23.2 Å². The lowest BCUT2D eigenvalue weighted by Gasteiger charge is -2.05. The molecule has 5 heteroatoms. The summed E-state index contributed by atoms with van der Waals surface area (Å²) in [5.74, 6) is 0. The highest BCUT2D eigenvalue weighted by atomic mass is 127. The fourth-order valence-electron chi connectivity index (χ4n) is 1.71. The van der Waals surface area contributed by atoms with Gasteiger partial charge in [0.15, 0.2) is 0 Å². The van der Waals surface area contributed by atoms with Gasteiger partial charge in [-0.1, -0.05) is 59.6 Å². The van der Waals surface area contributed by atoms with Crippen LogP contribution >= 0.6 is 23.2 Å². The molecule has 0 saturated carbocycles. The molecule has 1 nitrogen and oxygen atoms in total. The Hall–Kier alpha value is 0.440. The molecule has 2 aromatic rings. The van der Waals surface area contributed by atoms with Crippen LogP contribution in [0.4, 0.5) is 0 Å². The van der Waals surface area contributed by atoms with Crippen molar-refractivity contribution in [3.63, 3.8) is 0 Å². The maximum atomic E-state index is 6.09. The highest BCUT2D eigenvalue weighted by Crippen LogP contribution is 2.14. The molecular formula is C14H14Cl2I2N-. The van der Waals surface area contributed by atoms with Crippen molar-refractivity contribution in [2.75, 3.05) is 0 Å². The quantitative estimate of drug-likeness (QED) is 0.422. The van der Waals surface area contributed by atoms with E-state index in [1.165, 1.54) is 0 Å². The van der Waals surface area contributed by atoms with E-state index in [0.717, 1.165) is 34.3 Å². The first-order valence-electron chi connectivity index (χ1n) is 5.56. The average molecular weight is 521 g/mol. The van der Waals surface area contributed by atoms with Gasteiger partial charge < -0.3 is 53.3 Å². The van der Waals surface area contributed by atoms with Crippen LogP contribution in [0.3, 0.4) is 0 Å². The van der Waals surface area contributed by atoms with E-state index in [0.29, 0.717) is 0 Å². The lowest BCUT2D eigenvalue weighted by atomic mass is 10.2. The van der Waals surface area contributed by atoms with Gasteiger partial charge in [-0.3, -0.25) is 0 Å². The zero-order valence-corrected chi connectivity index (χ0v) is 15.9. The first-order chi connectivity index (χ1) is 8.27. The fourth-order valence-corrected chi connectivity index (χ4v) is 2.14. The van der Waals surface area contributed by atoms with E-state index in [1.54, 1.807) is 0 Å². The van der Waals surface area contributed by atoms with Gasteiger partial charge >= 0.3 is 0 Å². The van der Waals surface area contributed by atoms with Crippen LogP contribution < -0.4 is 53.3 Å². The largest absolute Gasteiger partial charge is 1.00 e. The Bertz CT molecular complexity index is 461. The monoisotopic (exact) mass is 520 g/mol. The van der Waals surface area contributed by atoms with Crippen LogP contribution in [-0.4, -0.2) is 0 Å². The van der Waals surface area contributed by atoms with Crippen LogP contribution in [0.25, 0.3) is 0 Å². The van der Waals surface area contributed by atoms with Crippen molar-refractivity contribution in [2.45, 2.75) is 13.1 Å². The van der Waals surface area contributed by atoms with Crippen LogP contribution in [0, 0.1) is 0 Å². The topological polar surface area (TPSA) is 16.6 Å². The zero-order valence-electron chi connectivity index (χ0n) is 10.1. The number of rotatable bonds is 4. The Morgan fingerprint density at radius 2 is 1.05 bits per heavy atom. The first kappa shape index (κ1) is 19.4. The summed E-state index contributed by atoms with van der Waals surface area (Å²) in [6.45, 7) is 1.73. The van der Waals surface area contributed by atoms with Gasteiger partial charge in [0.1, 0.15) is 13.1 Å². The molecule has 0 aliphatic carbocycles. The smallest absolute Gasteiger partial charge is 0.103 e. The Morgan fingerprint density at radius 3 is 1.42 bits per heavy atom. The standard InChI is InChI=1S/C14H13Cl2N.2HI/c15-13-7-3-1-5-11(13)9-17-10-12-6-2-4-8-14(12)16;;/h1-8,17H,9-10H2;2*1H/p-1. The molecule has 0 saturated heterocycles. The highest BCUT2D eigenvalue weighted by molar-refractivity contribution is 6.31. The normalized spacial score (nSPS) is 9.37. The molecule has 2 aromatic carbocycles. The predicted octanol–water partition coefficient (Wildman–Crippen LogP) is -2.73. The van der Waals surface area contributed by atoms with E-state index in [1.807, 2.05) is 48.5 Å². The number of nitrogens with two attached hydrogens (primary N) is 1. The number of hydrogen-bond acceptors (Lipinski definition) is 0. The molecule has 2 rings (SSSR count). The molecule has 0 spiro atoms. The second-order valence-electron chi connectivity index (χ2n) is 3.88. The Kier molecular flexibility index (Phi) is 10.4. The average Bonchev–Trinajstić information content (AvgIpc) is 2.34. The second-order valence-corrected chi connectivity index (χ2v) is 4.69. The van der Waals surface area contributed by atoms with Crippen molar-refractivity contribution in [2.24, 2.45) is 0 Å². The molecule has 0 radical (unpaired) electrons. The van der Waals surface area contributed by atoms with Crippen molar-refractivity contribution in [1.82, 2.24) is 0 Å². The van der Waals surface area contributed by atoms with Gasteiger partial charge in [0, 0.05) is 21.2 Å². The van der Waals surface area contributed by atoms with Gasteiger partial charge in [-0.2, -0.15) is 0 Å². The predicted molar refractivity (Wildman–Crippen MR) is 72.2 cm³/mol. The third kappa shape index (κ3) is 6.16. The summed E-state index contributed by atoms with van der Waals surface area (Å²) in [7, 11) is 0. The molecule has 0 amide bonds. The third-order valence-corrected chi connectivity index (χ3v) is 3.38. The van der Waals surface area contributed by atoms with Gasteiger partial charge in [-0.25, -0.2) is 0 Å². The number of quaternary nitrogens is 1. The highest BCUT2D eigenvalue weighted by Gasteiger charge is 2.03. The Balaban J connectivity index is 0.00000162. The third-order valence-electron chi connectivity index (χ3n) is 2.64. The zero-order chi connectivity index (χ0) is 12.1. The van der Waals surface area contributed by atoms with Gasteiger partial charge in [-0.05, 0) is 12.1 Å². The van der Waals surface area contributed by atoms with Crippen molar-refractivity contribution < 1.29 is 53.3 Å². The SMILES string of the molecule is Clc1ccccc1C[NH2+]Cc1ccccc1Cl.[I-].[I-]. The Morgan fingerprint density at radius 1 is 0.684 bits per heavy atom. The molecule has 0 atom stereocenters. The molecule has 19 heavy (non-hydrogen) atoms. The number of benzene rings is 2. The van der Waals surface area contributed by atoms with Crippen molar-refractivity contribution in [3.05, 3.63) is 69.7 Å². The van der Waals surface area contributed by atoms with Gasteiger partial charge in [0.25, 0.3) is 0 Å². The van der Waals surface area contributed by atoms with E-state index >= 15 is 0 Å². The van der Waals surface area contributed by atoms with E-state index in [-0.39, 0.29) is 48.0 Å². The molecule has 0 unspecified atom stereocenters. The van der Waals surface area contributed by atoms with Crippen LogP contribution in [0.5, 0.6) is 0 Å². The summed E-state index contributed by atoms with van der Waals surface area (Å²) < 4.78 is 0. The second kappa shape index (κ2) is 10.2. The minimum atomic E-state index is 0. The fraction of sp³-hybridized carbons (Fsp3) is 0.143. The Labute approximate surface area is 158 Å². The summed E-state index contributed by atoms with van der Waals surface area (Å²) in [5.41, 5.74) is 2.31. The van der Waals surface area contributed by atoms with Gasteiger partial charge in [0.05, 0.1) is 0 Å². The first-order valence-corrected chi connectivity index (χ1v) is 6.31. The summed E-state index contributed by atoms with van der Waals surface area (Å²) >= 11 is 12.2. The lowest BCUT2D eigenvalue weighted by molar-refractivity contribution is -0.686. The number of halogens is 4. The van der Waals surface area contributed by atoms with E-state index in [2.05, 4.69) is 5.32 Å². The van der Waals surface area contributed by atoms with E-state index < -0.39 is 0 Å². The van der Waals surface area contributed by atoms with Gasteiger partial charge in [0.2, 0.25) is 0 Å². The molecule has 0 fully saturated rings. The molecule has 2 N–H and O–H groups in total. The molecule has 0 aliphatic heterocycles. The molecule has 104 valence electrons. The van der Waals surface area contributed by atoms with Crippen molar-refractivity contribution in [3.8, 4) is 0 Å². The maximum Gasteiger partial charge on any atom is 0.103 e. The van der Waals surface area contributed by atoms with Crippen molar-refractivity contribution in [1.29, 1.82) is 0 Å². The minimum absolute atomic E-state index is 0. The van der Waals surface area contributed by atoms with Crippen LogP contribution in [0.2, 0.25) is 10.0 Å². The molecular weight excluding hydrogens is 507 g/mol. The summed E-state index contributed by atoms with van der Waals surface area (Å²) in [4.78, 5) is 0. The summed E-state index contributed by atoms with van der Waals surface area (Å²) in [5, 5.41) is 3.84. The molecule has 0 aromatic heterocycles. The molecule has 0 heterocycles. The van der Waals surface area contributed by atoms with Crippen molar-refractivity contribution >= 4 is 23.2 Å². The lowest BCUT2D eigenvalue weighted by Crippen LogP contribution is -3.00. The van der Waals surface area contributed by atoms with Crippen LogP contribution in [0.1, 0.15) is 11.1 Å². The number of hydrogen-bond donors (Lipinski definition) is 1. The maximum absolute atomic E-state index is 6.09.